The molecule has 0 saturated carbocycles. The van der Waals surface area contributed by atoms with Gasteiger partial charge in [-0.2, -0.15) is 0 Å². The lowest BCUT2D eigenvalue weighted by atomic mass is 9.99. The van der Waals surface area contributed by atoms with Gasteiger partial charge in [0.1, 0.15) is 6.61 Å². The van der Waals surface area contributed by atoms with Crippen molar-refractivity contribution in [3.05, 3.63) is 82.1 Å². The van der Waals surface area contributed by atoms with E-state index in [-0.39, 0.29) is 34.8 Å². The smallest absolute Gasteiger partial charge is 0.409 e. The number of nitrogens with zero attached hydrogens (tertiary/aromatic N) is 1. The van der Waals surface area contributed by atoms with Crippen LogP contribution >= 0.6 is 11.3 Å². The number of carbonyl (C=O) groups excluding carboxylic acids is 1. The van der Waals surface area contributed by atoms with Crippen LogP contribution in [0.15, 0.2) is 66.1 Å². The van der Waals surface area contributed by atoms with E-state index in [1.807, 2.05) is 41.8 Å². The molecule has 2 N–H and O–H groups in total. The second-order valence-corrected chi connectivity index (χ2v) is 17.6. The van der Waals surface area contributed by atoms with Gasteiger partial charge < -0.3 is 23.9 Å². The highest BCUT2D eigenvalue weighted by atomic mass is 32.1. The Bertz CT molecular complexity index is 1420. The quantitative estimate of drug-likeness (QED) is 0.229. The molecule has 2 heterocycles. The predicted octanol–water partition coefficient (Wildman–Crippen LogP) is 7.75. The van der Waals surface area contributed by atoms with Crippen LogP contribution in [0.2, 0.25) is 18.1 Å². The number of thiophene rings is 1. The van der Waals surface area contributed by atoms with Crippen molar-refractivity contribution >= 4 is 42.9 Å². The lowest BCUT2D eigenvalue weighted by molar-refractivity contribution is 0.0655. The second-order valence-electron chi connectivity index (χ2n) is 11.8. The maximum absolute atomic E-state index is 14.2. The van der Waals surface area contributed by atoms with Gasteiger partial charge in [0.05, 0.1) is 31.0 Å². The van der Waals surface area contributed by atoms with Gasteiger partial charge in [-0.25, -0.2) is 4.79 Å². The Morgan fingerprint density at radius 2 is 1.83 bits per heavy atom. The molecule has 42 heavy (non-hydrogen) atoms. The maximum Gasteiger partial charge on any atom is 0.409 e. The van der Waals surface area contributed by atoms with Crippen molar-refractivity contribution in [2.45, 2.75) is 58.0 Å². The molecular weight excluding hydrogens is 569 g/mol. The fourth-order valence-electron chi connectivity index (χ4n) is 4.50. The van der Waals surface area contributed by atoms with E-state index in [4.69, 9.17) is 13.9 Å². The van der Waals surface area contributed by atoms with Gasteiger partial charge in [-0.3, -0.25) is 10.1 Å². The Morgan fingerprint density at radius 3 is 2.45 bits per heavy atom. The number of nitrogens with one attached hydrogen (secondary N) is 1. The summed E-state index contributed by atoms with van der Waals surface area (Å²) >= 11 is 1.67. The molecular formula is C32H40N2O6SSi. The molecule has 8 nitrogen and oxygen atoms in total. The van der Waals surface area contributed by atoms with E-state index in [9.17, 15) is 14.7 Å². The summed E-state index contributed by atoms with van der Waals surface area (Å²) in [6, 6.07) is 16.5. The summed E-state index contributed by atoms with van der Waals surface area (Å²) in [7, 11) is -0.608. The molecule has 1 atom stereocenters. The third kappa shape index (κ3) is 7.42. The monoisotopic (exact) mass is 608 g/mol. The van der Waals surface area contributed by atoms with E-state index in [1.165, 1.54) is 23.6 Å². The normalized spacial score (nSPS) is 15.6. The first-order valence-corrected chi connectivity index (χ1v) is 17.8. The predicted molar refractivity (Wildman–Crippen MR) is 170 cm³/mol. The van der Waals surface area contributed by atoms with Gasteiger partial charge in [0, 0.05) is 17.5 Å². The van der Waals surface area contributed by atoms with Crippen LogP contribution in [0.1, 0.15) is 48.0 Å². The zero-order valence-electron chi connectivity index (χ0n) is 25.1. The van der Waals surface area contributed by atoms with Crippen LogP contribution in [0, 0.1) is 0 Å². The Labute approximate surface area is 253 Å². The zero-order valence-corrected chi connectivity index (χ0v) is 26.9. The SMILES string of the molecule is COc1cc(C(=O)N2CCC(c3cccs3)=C[C@H]2CO[Si](C)(C)C(C)(C)C)c(NC(=O)O)cc1OCc1ccccc1. The van der Waals surface area contributed by atoms with E-state index >= 15 is 0 Å². The number of benzene rings is 2. The number of anilines is 1. The van der Waals surface area contributed by atoms with Crippen molar-refractivity contribution in [1.82, 2.24) is 4.90 Å². The van der Waals surface area contributed by atoms with Crippen LogP contribution in [0.25, 0.3) is 5.57 Å². The third-order valence-electron chi connectivity index (χ3n) is 7.95. The molecule has 0 unspecified atom stereocenters. The zero-order chi connectivity index (χ0) is 30.5. The number of ether oxygens (including phenoxy) is 2. The molecule has 3 aromatic rings. The van der Waals surface area contributed by atoms with Crippen molar-refractivity contribution < 1.29 is 28.6 Å². The molecule has 2 aromatic carbocycles. The Morgan fingerprint density at radius 1 is 1.10 bits per heavy atom. The highest BCUT2D eigenvalue weighted by molar-refractivity contribution is 7.11. The minimum absolute atomic E-state index is 0.0122. The van der Waals surface area contributed by atoms with Crippen molar-refractivity contribution in [3.63, 3.8) is 0 Å². The van der Waals surface area contributed by atoms with Crippen molar-refractivity contribution in [2.24, 2.45) is 0 Å². The van der Waals surface area contributed by atoms with Gasteiger partial charge >= 0.3 is 6.09 Å². The number of amides is 2. The number of hydrogen-bond acceptors (Lipinski definition) is 6. The van der Waals surface area contributed by atoms with Gasteiger partial charge in [0.2, 0.25) is 0 Å². The van der Waals surface area contributed by atoms with Crippen LogP contribution in [0.4, 0.5) is 10.5 Å². The first-order valence-electron chi connectivity index (χ1n) is 14.0. The molecule has 10 heteroatoms. The summed E-state index contributed by atoms with van der Waals surface area (Å²) in [5.74, 6) is 0.362. The number of hydrogen-bond donors (Lipinski definition) is 2. The molecule has 1 aliphatic rings. The fourth-order valence-corrected chi connectivity index (χ4v) is 6.30. The Hall–Kier alpha value is -3.60. The molecule has 1 aliphatic heterocycles. The molecule has 2 amide bonds. The number of rotatable bonds is 10. The van der Waals surface area contributed by atoms with Gasteiger partial charge in [-0.1, -0.05) is 63.2 Å². The maximum atomic E-state index is 14.2. The highest BCUT2D eigenvalue weighted by Crippen LogP contribution is 2.39. The number of methoxy groups -OCH3 is 1. The summed E-state index contributed by atoms with van der Waals surface area (Å²) < 4.78 is 18.2. The van der Waals surface area contributed by atoms with Crippen molar-refractivity contribution in [1.29, 1.82) is 0 Å². The molecule has 4 rings (SSSR count). The second kappa shape index (κ2) is 13.1. The molecule has 0 bridgehead atoms. The van der Waals surface area contributed by atoms with E-state index < -0.39 is 14.4 Å². The van der Waals surface area contributed by atoms with Crippen molar-refractivity contribution in [2.75, 3.05) is 25.6 Å². The van der Waals surface area contributed by atoms with Gasteiger partial charge in [0.15, 0.2) is 19.8 Å². The topological polar surface area (TPSA) is 97.3 Å². The van der Waals surface area contributed by atoms with Gasteiger partial charge in [0.25, 0.3) is 5.91 Å². The van der Waals surface area contributed by atoms with Crippen LogP contribution < -0.4 is 14.8 Å². The molecule has 224 valence electrons. The fraction of sp³-hybridized carbons (Fsp3) is 0.375. The summed E-state index contributed by atoms with van der Waals surface area (Å²) in [4.78, 5) is 28.9. The Balaban J connectivity index is 1.68. The van der Waals surface area contributed by atoms with E-state index in [1.54, 1.807) is 22.3 Å². The van der Waals surface area contributed by atoms with E-state index in [2.05, 4.69) is 51.3 Å². The van der Waals surface area contributed by atoms with Gasteiger partial charge in [-0.05, 0) is 53.2 Å². The molecule has 0 saturated heterocycles. The lowest BCUT2D eigenvalue weighted by Gasteiger charge is -2.40. The molecule has 0 radical (unpaired) electrons. The Kier molecular flexibility index (Phi) is 9.81. The molecule has 0 aliphatic carbocycles. The first-order chi connectivity index (χ1) is 19.9. The summed E-state index contributed by atoms with van der Waals surface area (Å²) in [5, 5.41) is 14.1. The number of carbonyl (C=O) groups is 2. The summed E-state index contributed by atoms with van der Waals surface area (Å²) in [6.07, 6.45) is 1.53. The molecule has 0 fully saturated rings. The van der Waals surface area contributed by atoms with E-state index in [0.29, 0.717) is 31.1 Å². The number of carboxylic acid groups (broad SMARTS) is 1. The molecule has 0 spiro atoms. The van der Waals surface area contributed by atoms with Crippen LogP contribution in [-0.2, 0) is 11.0 Å². The largest absolute Gasteiger partial charge is 0.493 e. The first kappa shape index (κ1) is 31.3. The van der Waals surface area contributed by atoms with Crippen LogP contribution in [-0.4, -0.2) is 56.6 Å². The lowest BCUT2D eigenvalue weighted by Crippen LogP contribution is -2.49. The van der Waals surface area contributed by atoms with Crippen molar-refractivity contribution in [3.8, 4) is 11.5 Å². The van der Waals surface area contributed by atoms with E-state index in [0.717, 1.165) is 5.56 Å². The minimum atomic E-state index is -2.10. The summed E-state index contributed by atoms with van der Waals surface area (Å²) in [6.45, 7) is 12.0. The third-order valence-corrected chi connectivity index (χ3v) is 13.4. The minimum Gasteiger partial charge on any atom is -0.493 e. The average molecular weight is 609 g/mol. The van der Waals surface area contributed by atoms with Crippen LogP contribution in [0.3, 0.4) is 0 Å². The average Bonchev–Trinajstić information content (AvgIpc) is 3.49. The summed E-state index contributed by atoms with van der Waals surface area (Å²) in [5.41, 5.74) is 2.45. The molecule has 1 aromatic heterocycles. The highest BCUT2D eigenvalue weighted by Gasteiger charge is 2.39. The standard InChI is InChI=1S/C32H40N2O6SSi/c1-32(2,3)42(5,6)40-21-24-17-23(29-13-10-16-41-29)14-15-34(24)30(35)25-18-27(38-4)28(19-26(25)33-31(36)37)39-20-22-11-8-7-9-12-22/h7-13,16-19,24,33H,14-15,20-21H2,1-6H3,(H,36,37)/t24-/m0/s1. The van der Waals surface area contributed by atoms with Gasteiger partial charge in [-0.15, -0.1) is 11.3 Å². The van der Waals surface area contributed by atoms with Crippen LogP contribution in [0.5, 0.6) is 11.5 Å².